The van der Waals surface area contributed by atoms with Gasteiger partial charge in [-0.1, -0.05) is 12.1 Å². The van der Waals surface area contributed by atoms with Gasteiger partial charge in [-0.15, -0.1) is 0 Å². The van der Waals surface area contributed by atoms with Gasteiger partial charge >= 0.3 is 0 Å². The van der Waals surface area contributed by atoms with Crippen LogP contribution in [-0.2, 0) is 6.54 Å². The number of aryl methyl sites for hydroxylation is 1. The van der Waals surface area contributed by atoms with Gasteiger partial charge in [0.05, 0.1) is 0 Å². The second-order valence-corrected chi connectivity index (χ2v) is 6.10. The summed E-state index contributed by atoms with van der Waals surface area (Å²) in [6.45, 7) is 6.57. The van der Waals surface area contributed by atoms with E-state index in [1.807, 2.05) is 23.9 Å². The fraction of sp³-hybridized carbons (Fsp3) is 0.500. The molecule has 0 spiro atoms. The lowest BCUT2D eigenvalue weighted by molar-refractivity contribution is 0.223. The van der Waals surface area contributed by atoms with Crippen LogP contribution in [-0.4, -0.2) is 34.8 Å². The first-order valence-corrected chi connectivity index (χ1v) is 7.49. The van der Waals surface area contributed by atoms with Crippen LogP contribution < -0.4 is 5.73 Å². The summed E-state index contributed by atoms with van der Waals surface area (Å²) >= 11 is 2.04. The molecule has 98 valence electrons. The molecule has 3 nitrogen and oxygen atoms in total. The number of thioether (sulfide) groups is 1. The Labute approximate surface area is 113 Å². The summed E-state index contributed by atoms with van der Waals surface area (Å²) in [5.74, 6) is 2.60. The van der Waals surface area contributed by atoms with Crippen LogP contribution in [0.3, 0.4) is 0 Å². The fourth-order valence-electron chi connectivity index (χ4n) is 2.26. The Balaban J connectivity index is 2.11. The van der Waals surface area contributed by atoms with E-state index in [4.69, 9.17) is 11.1 Å². The van der Waals surface area contributed by atoms with Gasteiger partial charge in [0.15, 0.2) is 0 Å². The predicted molar refractivity (Wildman–Crippen MR) is 79.4 cm³/mol. The van der Waals surface area contributed by atoms with Gasteiger partial charge in [0, 0.05) is 36.2 Å². The van der Waals surface area contributed by atoms with Crippen LogP contribution in [0.1, 0.15) is 23.6 Å². The third-order valence-corrected chi connectivity index (χ3v) is 4.72. The van der Waals surface area contributed by atoms with E-state index in [0.29, 0.717) is 6.04 Å². The summed E-state index contributed by atoms with van der Waals surface area (Å²) in [6.07, 6.45) is 0. The van der Waals surface area contributed by atoms with Crippen molar-refractivity contribution in [3.05, 3.63) is 34.9 Å². The van der Waals surface area contributed by atoms with E-state index in [1.165, 1.54) is 29.2 Å². The van der Waals surface area contributed by atoms with Gasteiger partial charge in [-0.2, -0.15) is 11.8 Å². The summed E-state index contributed by atoms with van der Waals surface area (Å²) in [7, 11) is 0. The normalized spacial score (nSPS) is 20.9. The molecule has 1 aromatic rings. The van der Waals surface area contributed by atoms with Gasteiger partial charge in [-0.25, -0.2) is 0 Å². The average Bonchev–Trinajstić information content (AvgIpc) is 2.34. The van der Waals surface area contributed by atoms with E-state index in [-0.39, 0.29) is 5.84 Å². The van der Waals surface area contributed by atoms with Crippen LogP contribution in [0.2, 0.25) is 0 Å². The SMILES string of the molecule is Cc1cc(C(=N)N)ccc1CN1CCSCC1C. The first-order chi connectivity index (χ1) is 8.58. The summed E-state index contributed by atoms with van der Waals surface area (Å²) in [4.78, 5) is 2.53. The number of nitrogen functional groups attached to an aromatic ring is 1. The molecule has 3 N–H and O–H groups in total. The second-order valence-electron chi connectivity index (χ2n) is 4.95. The van der Waals surface area contributed by atoms with Crippen molar-refractivity contribution in [2.24, 2.45) is 5.73 Å². The van der Waals surface area contributed by atoms with Gasteiger partial charge in [-0.3, -0.25) is 10.3 Å². The minimum atomic E-state index is 0.146. The Morgan fingerprint density at radius 1 is 1.56 bits per heavy atom. The first kappa shape index (κ1) is 13.4. The second kappa shape index (κ2) is 5.76. The van der Waals surface area contributed by atoms with Gasteiger partial charge in [0.25, 0.3) is 0 Å². The lowest BCUT2D eigenvalue weighted by atomic mass is 10.0. The van der Waals surface area contributed by atoms with E-state index >= 15 is 0 Å². The molecule has 1 fully saturated rings. The first-order valence-electron chi connectivity index (χ1n) is 6.33. The third kappa shape index (κ3) is 3.06. The minimum Gasteiger partial charge on any atom is -0.384 e. The molecule has 1 heterocycles. The number of nitrogens with zero attached hydrogens (tertiary/aromatic N) is 1. The Morgan fingerprint density at radius 3 is 2.94 bits per heavy atom. The van der Waals surface area contributed by atoms with Crippen molar-refractivity contribution in [2.75, 3.05) is 18.1 Å². The van der Waals surface area contributed by atoms with E-state index < -0.39 is 0 Å². The molecule has 1 aliphatic heterocycles. The Morgan fingerprint density at radius 2 is 2.33 bits per heavy atom. The zero-order valence-electron chi connectivity index (χ0n) is 11.1. The number of nitrogens with two attached hydrogens (primary N) is 1. The molecule has 1 atom stereocenters. The third-order valence-electron chi connectivity index (χ3n) is 3.53. The van der Waals surface area contributed by atoms with Crippen molar-refractivity contribution >= 4 is 17.6 Å². The van der Waals surface area contributed by atoms with Crippen molar-refractivity contribution in [3.8, 4) is 0 Å². The molecule has 18 heavy (non-hydrogen) atoms. The molecule has 4 heteroatoms. The van der Waals surface area contributed by atoms with Crippen LogP contribution >= 0.6 is 11.8 Å². The van der Waals surface area contributed by atoms with Crippen molar-refractivity contribution in [1.29, 1.82) is 5.41 Å². The predicted octanol–water partition coefficient (Wildman–Crippen LogP) is 2.22. The van der Waals surface area contributed by atoms with E-state index in [9.17, 15) is 0 Å². The molecule has 0 radical (unpaired) electrons. The monoisotopic (exact) mass is 263 g/mol. The quantitative estimate of drug-likeness (QED) is 0.649. The summed E-state index contributed by atoms with van der Waals surface area (Å²) in [6, 6.07) is 6.73. The van der Waals surface area contributed by atoms with Crippen molar-refractivity contribution in [3.63, 3.8) is 0 Å². The summed E-state index contributed by atoms with van der Waals surface area (Å²) in [5, 5.41) is 7.45. The molecule has 0 saturated carbocycles. The molecular formula is C14H21N3S. The van der Waals surface area contributed by atoms with Crippen LogP contribution in [0.5, 0.6) is 0 Å². The highest BCUT2D eigenvalue weighted by Gasteiger charge is 2.19. The molecule has 2 rings (SSSR count). The van der Waals surface area contributed by atoms with Crippen molar-refractivity contribution in [2.45, 2.75) is 26.4 Å². The highest BCUT2D eigenvalue weighted by molar-refractivity contribution is 7.99. The Bertz CT molecular complexity index is 445. The molecular weight excluding hydrogens is 242 g/mol. The molecule has 1 saturated heterocycles. The number of hydrogen-bond acceptors (Lipinski definition) is 3. The molecule has 1 aliphatic rings. The largest absolute Gasteiger partial charge is 0.384 e. The number of hydrogen-bond donors (Lipinski definition) is 2. The maximum Gasteiger partial charge on any atom is 0.122 e. The molecule has 1 unspecified atom stereocenters. The maximum atomic E-state index is 7.45. The van der Waals surface area contributed by atoms with Crippen LogP contribution in [0.15, 0.2) is 18.2 Å². The molecule has 0 aliphatic carbocycles. The Hall–Kier alpha value is -1.000. The van der Waals surface area contributed by atoms with E-state index in [2.05, 4.69) is 24.8 Å². The molecule has 1 aromatic carbocycles. The number of benzene rings is 1. The number of amidine groups is 1. The number of nitrogens with one attached hydrogen (secondary N) is 1. The number of rotatable bonds is 3. The minimum absolute atomic E-state index is 0.146. The van der Waals surface area contributed by atoms with Gasteiger partial charge in [0.2, 0.25) is 0 Å². The summed E-state index contributed by atoms with van der Waals surface area (Å²) in [5.41, 5.74) is 8.90. The van der Waals surface area contributed by atoms with Crippen LogP contribution in [0.4, 0.5) is 0 Å². The topological polar surface area (TPSA) is 53.1 Å². The molecule has 0 bridgehead atoms. The van der Waals surface area contributed by atoms with Crippen molar-refractivity contribution < 1.29 is 0 Å². The fourth-order valence-corrected chi connectivity index (χ4v) is 3.34. The molecule has 0 amide bonds. The lowest BCUT2D eigenvalue weighted by Crippen LogP contribution is -2.39. The maximum absolute atomic E-state index is 7.45. The highest BCUT2D eigenvalue weighted by atomic mass is 32.2. The molecule has 0 aromatic heterocycles. The van der Waals surface area contributed by atoms with Gasteiger partial charge in [-0.05, 0) is 31.0 Å². The van der Waals surface area contributed by atoms with E-state index in [1.54, 1.807) is 0 Å². The Kier molecular flexibility index (Phi) is 4.30. The average molecular weight is 263 g/mol. The van der Waals surface area contributed by atoms with Crippen molar-refractivity contribution in [1.82, 2.24) is 4.90 Å². The zero-order valence-corrected chi connectivity index (χ0v) is 11.9. The van der Waals surface area contributed by atoms with E-state index in [0.717, 1.165) is 12.1 Å². The highest BCUT2D eigenvalue weighted by Crippen LogP contribution is 2.20. The van der Waals surface area contributed by atoms with Gasteiger partial charge in [0.1, 0.15) is 5.84 Å². The standard InChI is InChI=1S/C14H21N3S/c1-10-7-12(14(15)16)3-4-13(10)8-17-5-6-18-9-11(17)2/h3-4,7,11H,5-6,8-9H2,1-2H3,(H3,15,16). The zero-order chi connectivity index (χ0) is 13.1. The summed E-state index contributed by atoms with van der Waals surface area (Å²) < 4.78 is 0. The smallest absolute Gasteiger partial charge is 0.122 e. The van der Waals surface area contributed by atoms with Crippen LogP contribution in [0.25, 0.3) is 0 Å². The lowest BCUT2D eigenvalue weighted by Gasteiger charge is -2.33. The van der Waals surface area contributed by atoms with Crippen LogP contribution in [0, 0.1) is 12.3 Å². The van der Waals surface area contributed by atoms with Gasteiger partial charge < -0.3 is 5.73 Å².